The molecule has 0 aromatic carbocycles. The molecule has 2 heterocycles. The van der Waals surface area contributed by atoms with Crippen molar-refractivity contribution >= 4 is 17.6 Å². The Morgan fingerprint density at radius 3 is 2.94 bits per heavy atom. The number of carbonyl (C=O) groups excluding carboxylic acids is 1. The summed E-state index contributed by atoms with van der Waals surface area (Å²) in [5.41, 5.74) is 3.38. The Labute approximate surface area is 104 Å². The van der Waals surface area contributed by atoms with Gasteiger partial charge in [0.25, 0.3) is 0 Å². The highest BCUT2D eigenvalue weighted by atomic mass is 35.5. The molecule has 0 fully saturated rings. The Balaban J connectivity index is 2.09. The highest BCUT2D eigenvalue weighted by molar-refractivity contribution is 6.29. The number of aromatic nitrogens is 2. The summed E-state index contributed by atoms with van der Waals surface area (Å²) in [6, 6.07) is 1.37. The second-order valence-corrected chi connectivity index (χ2v) is 3.79. The van der Waals surface area contributed by atoms with Crippen molar-refractivity contribution < 1.29 is 4.79 Å². The molecule has 17 heavy (non-hydrogen) atoms. The maximum atomic E-state index is 11.8. The van der Waals surface area contributed by atoms with Gasteiger partial charge in [-0.2, -0.15) is 9.78 Å². The minimum Gasteiger partial charge on any atom is -0.248 e. The van der Waals surface area contributed by atoms with Crippen molar-refractivity contribution in [2.75, 3.05) is 0 Å². The largest absolute Gasteiger partial charge is 0.361 e. The third kappa shape index (κ3) is 2.76. The van der Waals surface area contributed by atoms with Crippen LogP contribution >= 0.6 is 11.6 Å². The fourth-order valence-corrected chi connectivity index (χ4v) is 1.43. The van der Waals surface area contributed by atoms with E-state index in [1.165, 1.54) is 9.69 Å². The van der Waals surface area contributed by atoms with E-state index >= 15 is 0 Å². The van der Waals surface area contributed by atoms with Gasteiger partial charge in [-0.25, -0.2) is 15.2 Å². The summed E-state index contributed by atoms with van der Waals surface area (Å²) in [6.45, 7) is 1.81. The SMILES string of the molecule is Cc1ccn(C(=O)NN2C=CC=CC=C2Cl)n1. The number of aryl methyl sites for hydroxylation is 1. The van der Waals surface area contributed by atoms with E-state index in [2.05, 4.69) is 10.5 Å². The predicted octanol–water partition coefficient (Wildman–Crippen LogP) is 2.13. The maximum absolute atomic E-state index is 11.8. The molecule has 1 aromatic heterocycles. The van der Waals surface area contributed by atoms with Crippen molar-refractivity contribution in [3.8, 4) is 0 Å². The number of hydrogen-bond acceptors (Lipinski definition) is 3. The van der Waals surface area contributed by atoms with Crippen LogP contribution in [0, 0.1) is 6.92 Å². The normalized spacial score (nSPS) is 14.5. The lowest BCUT2D eigenvalue weighted by atomic mass is 10.5. The van der Waals surface area contributed by atoms with Crippen LogP contribution in [0.25, 0.3) is 0 Å². The van der Waals surface area contributed by atoms with Gasteiger partial charge in [0.05, 0.1) is 5.69 Å². The molecule has 5 nitrogen and oxygen atoms in total. The minimum atomic E-state index is -0.379. The van der Waals surface area contributed by atoms with E-state index in [0.29, 0.717) is 5.16 Å². The van der Waals surface area contributed by atoms with Crippen LogP contribution in [0.3, 0.4) is 0 Å². The highest BCUT2D eigenvalue weighted by Crippen LogP contribution is 2.10. The Hall–Kier alpha value is -2.01. The average molecular weight is 251 g/mol. The first-order valence-corrected chi connectivity index (χ1v) is 5.38. The van der Waals surface area contributed by atoms with Crippen molar-refractivity contribution in [3.05, 3.63) is 53.6 Å². The molecule has 0 aliphatic carbocycles. The molecule has 0 saturated heterocycles. The van der Waals surface area contributed by atoms with Gasteiger partial charge in [-0.1, -0.05) is 23.8 Å². The Kier molecular flexibility index (Phi) is 3.30. The zero-order valence-corrected chi connectivity index (χ0v) is 9.93. The van der Waals surface area contributed by atoms with Crippen LogP contribution in [0.2, 0.25) is 0 Å². The third-order valence-electron chi connectivity index (χ3n) is 2.07. The topological polar surface area (TPSA) is 50.2 Å². The second kappa shape index (κ2) is 4.88. The molecule has 0 bridgehead atoms. The molecule has 6 heteroatoms. The van der Waals surface area contributed by atoms with Gasteiger partial charge in [0, 0.05) is 12.4 Å². The van der Waals surface area contributed by atoms with Gasteiger partial charge in [-0.05, 0) is 25.1 Å². The van der Waals surface area contributed by atoms with E-state index < -0.39 is 0 Å². The van der Waals surface area contributed by atoms with Gasteiger partial charge >= 0.3 is 6.03 Å². The van der Waals surface area contributed by atoms with Crippen LogP contribution in [0.4, 0.5) is 4.79 Å². The van der Waals surface area contributed by atoms with E-state index in [0.717, 1.165) is 5.69 Å². The van der Waals surface area contributed by atoms with Crippen molar-refractivity contribution in [1.82, 2.24) is 20.2 Å². The smallest absolute Gasteiger partial charge is 0.248 e. The van der Waals surface area contributed by atoms with E-state index in [1.807, 2.05) is 13.0 Å². The Morgan fingerprint density at radius 2 is 2.24 bits per heavy atom. The molecule has 1 N–H and O–H groups in total. The fraction of sp³-hybridized carbons (Fsp3) is 0.0909. The van der Waals surface area contributed by atoms with Crippen molar-refractivity contribution in [1.29, 1.82) is 0 Å². The zero-order chi connectivity index (χ0) is 12.3. The van der Waals surface area contributed by atoms with Gasteiger partial charge in [-0.15, -0.1) is 0 Å². The van der Waals surface area contributed by atoms with E-state index in [9.17, 15) is 4.79 Å². The van der Waals surface area contributed by atoms with Crippen LogP contribution in [0.1, 0.15) is 5.69 Å². The van der Waals surface area contributed by atoms with Crippen LogP contribution < -0.4 is 5.43 Å². The van der Waals surface area contributed by atoms with Crippen molar-refractivity contribution in [2.45, 2.75) is 6.92 Å². The summed E-state index contributed by atoms with van der Waals surface area (Å²) >= 11 is 5.96. The molecule has 1 aliphatic rings. The standard InChI is InChI=1S/C11H11ClN4O/c1-9-6-8-16(13-9)11(17)14-15-7-4-2-3-5-10(15)12/h2-8H,1H3,(H,14,17). The monoisotopic (exact) mass is 250 g/mol. The van der Waals surface area contributed by atoms with Crippen molar-refractivity contribution in [2.24, 2.45) is 0 Å². The quantitative estimate of drug-likeness (QED) is 0.777. The zero-order valence-electron chi connectivity index (χ0n) is 9.17. The number of carbonyl (C=O) groups is 1. The van der Waals surface area contributed by atoms with E-state index in [4.69, 9.17) is 11.6 Å². The number of amides is 1. The number of nitrogens with one attached hydrogen (secondary N) is 1. The molecular weight excluding hydrogens is 240 g/mol. The summed E-state index contributed by atoms with van der Waals surface area (Å²) < 4.78 is 1.21. The number of nitrogens with zero attached hydrogens (tertiary/aromatic N) is 3. The molecule has 0 saturated carbocycles. The predicted molar refractivity (Wildman–Crippen MR) is 64.9 cm³/mol. The van der Waals surface area contributed by atoms with Crippen LogP contribution in [-0.4, -0.2) is 20.8 Å². The van der Waals surface area contributed by atoms with Gasteiger partial charge in [-0.3, -0.25) is 0 Å². The second-order valence-electron chi connectivity index (χ2n) is 3.40. The maximum Gasteiger partial charge on any atom is 0.361 e. The summed E-state index contributed by atoms with van der Waals surface area (Å²) in [5, 5.41) is 5.81. The van der Waals surface area contributed by atoms with Gasteiger partial charge in [0.15, 0.2) is 0 Å². The number of halogens is 1. The molecule has 1 amide bonds. The summed E-state index contributed by atoms with van der Waals surface area (Å²) in [5.74, 6) is 0. The van der Waals surface area contributed by atoms with Crippen molar-refractivity contribution in [3.63, 3.8) is 0 Å². The highest BCUT2D eigenvalue weighted by Gasteiger charge is 2.11. The molecule has 1 aliphatic heterocycles. The first-order chi connectivity index (χ1) is 8.16. The molecule has 0 unspecified atom stereocenters. The minimum absolute atomic E-state index is 0.379. The van der Waals surface area contributed by atoms with E-state index in [1.54, 1.807) is 36.7 Å². The molecular formula is C11H11ClN4O. The molecule has 88 valence electrons. The Morgan fingerprint density at radius 1 is 1.41 bits per heavy atom. The molecule has 0 atom stereocenters. The first-order valence-electron chi connectivity index (χ1n) is 5.00. The summed E-state index contributed by atoms with van der Waals surface area (Å²) in [4.78, 5) is 11.8. The first kappa shape index (κ1) is 11.5. The van der Waals surface area contributed by atoms with Crippen LogP contribution in [0.5, 0.6) is 0 Å². The molecule has 0 spiro atoms. The van der Waals surface area contributed by atoms with Gasteiger partial charge in [0.1, 0.15) is 5.16 Å². The molecule has 1 aromatic rings. The van der Waals surface area contributed by atoms with Gasteiger partial charge in [0.2, 0.25) is 0 Å². The van der Waals surface area contributed by atoms with E-state index in [-0.39, 0.29) is 6.03 Å². The van der Waals surface area contributed by atoms with Crippen LogP contribution in [0.15, 0.2) is 47.9 Å². The molecule has 0 radical (unpaired) electrons. The average Bonchev–Trinajstić information content (AvgIpc) is 2.63. The molecule has 2 rings (SSSR count). The lowest BCUT2D eigenvalue weighted by Gasteiger charge is -2.18. The number of rotatable bonds is 1. The number of hydrazine groups is 1. The lowest BCUT2D eigenvalue weighted by Crippen LogP contribution is -2.39. The summed E-state index contributed by atoms with van der Waals surface area (Å²) in [7, 11) is 0. The Bertz CT molecular complexity index is 515. The van der Waals surface area contributed by atoms with Gasteiger partial charge < -0.3 is 0 Å². The number of hydrogen-bond donors (Lipinski definition) is 1. The fourth-order valence-electron chi connectivity index (χ4n) is 1.26. The van der Waals surface area contributed by atoms with Crippen LogP contribution in [-0.2, 0) is 0 Å². The number of allylic oxidation sites excluding steroid dienone is 4. The lowest BCUT2D eigenvalue weighted by molar-refractivity contribution is 0.221. The summed E-state index contributed by atoms with van der Waals surface area (Å²) in [6.07, 6.45) is 10.3. The third-order valence-corrected chi connectivity index (χ3v) is 2.38.